The van der Waals surface area contributed by atoms with E-state index in [0.29, 0.717) is 0 Å². The first-order chi connectivity index (χ1) is 13.2. The molecule has 4 rings (SSSR count). The molecule has 0 saturated carbocycles. The molecule has 0 N–H and O–H groups in total. The van der Waals surface area contributed by atoms with Crippen LogP contribution in [0, 0.1) is 0 Å². The summed E-state index contributed by atoms with van der Waals surface area (Å²) in [7, 11) is 1.74. The van der Waals surface area contributed by atoms with Crippen molar-refractivity contribution in [2.24, 2.45) is 7.05 Å². The zero-order chi connectivity index (χ0) is 18.6. The van der Waals surface area contributed by atoms with Gasteiger partial charge >= 0.3 is 0 Å². The van der Waals surface area contributed by atoms with E-state index in [0.717, 1.165) is 67.0 Å². The maximum absolute atomic E-state index is 12.3. The third-order valence-electron chi connectivity index (χ3n) is 5.75. The van der Waals surface area contributed by atoms with Gasteiger partial charge in [-0.2, -0.15) is 5.10 Å². The summed E-state index contributed by atoms with van der Waals surface area (Å²) in [5.74, 6) is 0.883. The Kier molecular flexibility index (Phi) is 5.58. The number of hydrogen-bond acceptors (Lipinski definition) is 4. The highest BCUT2D eigenvalue weighted by atomic mass is 16.5. The zero-order valence-corrected chi connectivity index (χ0v) is 16.2. The van der Waals surface area contributed by atoms with Crippen LogP contribution in [0.4, 0.5) is 0 Å². The minimum absolute atomic E-state index is 0.0522. The van der Waals surface area contributed by atoms with E-state index in [2.05, 4.69) is 22.1 Å². The summed E-state index contributed by atoms with van der Waals surface area (Å²) >= 11 is 0. The number of likely N-dealkylation sites (tertiary alicyclic amines) is 1. The highest BCUT2D eigenvalue weighted by Crippen LogP contribution is 2.30. The first kappa shape index (κ1) is 18.2. The van der Waals surface area contributed by atoms with Gasteiger partial charge in [0.05, 0.1) is 12.3 Å². The van der Waals surface area contributed by atoms with Gasteiger partial charge < -0.3 is 9.64 Å². The summed E-state index contributed by atoms with van der Waals surface area (Å²) in [6, 6.07) is 8.15. The molecule has 0 radical (unpaired) electrons. The van der Waals surface area contributed by atoms with Gasteiger partial charge in [0.1, 0.15) is 5.75 Å². The number of ether oxygens (including phenoxy) is 1. The molecule has 1 aliphatic carbocycles. The lowest BCUT2D eigenvalue weighted by molar-refractivity contribution is 0.205. The average Bonchev–Trinajstić information content (AvgIpc) is 3.19. The molecule has 144 valence electrons. The van der Waals surface area contributed by atoms with Crippen LogP contribution in [0.2, 0.25) is 0 Å². The molecule has 1 saturated heterocycles. The molecule has 0 amide bonds. The SMILES string of the molecule is Cn1nc(-c2cccc(OCCCN3CCCCC3)c2)c2c(c1=O)CCC2. The number of hydrogen-bond donors (Lipinski definition) is 0. The first-order valence-corrected chi connectivity index (χ1v) is 10.3. The smallest absolute Gasteiger partial charge is 0.269 e. The summed E-state index contributed by atoms with van der Waals surface area (Å²) < 4.78 is 7.49. The lowest BCUT2D eigenvalue weighted by Crippen LogP contribution is -2.31. The van der Waals surface area contributed by atoms with E-state index in [1.165, 1.54) is 37.0 Å². The van der Waals surface area contributed by atoms with Gasteiger partial charge in [-0.1, -0.05) is 18.6 Å². The minimum atomic E-state index is 0.0522. The van der Waals surface area contributed by atoms with Crippen LogP contribution >= 0.6 is 0 Å². The number of aromatic nitrogens is 2. The quantitative estimate of drug-likeness (QED) is 0.736. The largest absolute Gasteiger partial charge is 0.494 e. The molecule has 27 heavy (non-hydrogen) atoms. The molecule has 2 aromatic rings. The molecule has 1 aromatic heterocycles. The molecule has 1 aliphatic heterocycles. The van der Waals surface area contributed by atoms with Gasteiger partial charge in [-0.3, -0.25) is 4.79 Å². The van der Waals surface area contributed by atoms with Crippen LogP contribution in [-0.4, -0.2) is 40.9 Å². The molecule has 2 heterocycles. The Labute approximate surface area is 161 Å². The average molecular weight is 367 g/mol. The molecule has 0 unspecified atom stereocenters. The topological polar surface area (TPSA) is 47.4 Å². The van der Waals surface area contributed by atoms with Crippen LogP contribution in [0.3, 0.4) is 0 Å². The van der Waals surface area contributed by atoms with E-state index in [1.807, 2.05) is 12.1 Å². The second-order valence-corrected chi connectivity index (χ2v) is 7.72. The third-order valence-corrected chi connectivity index (χ3v) is 5.75. The number of benzene rings is 1. The second-order valence-electron chi connectivity index (χ2n) is 7.72. The molecule has 1 aromatic carbocycles. The van der Waals surface area contributed by atoms with Crippen LogP contribution in [0.5, 0.6) is 5.75 Å². The monoisotopic (exact) mass is 367 g/mol. The predicted molar refractivity (Wildman–Crippen MR) is 107 cm³/mol. The zero-order valence-electron chi connectivity index (χ0n) is 16.2. The maximum atomic E-state index is 12.3. The van der Waals surface area contributed by atoms with Gasteiger partial charge in [0, 0.05) is 24.7 Å². The molecule has 0 bridgehead atoms. The Morgan fingerprint density at radius 3 is 2.74 bits per heavy atom. The van der Waals surface area contributed by atoms with Crippen molar-refractivity contribution >= 4 is 0 Å². The van der Waals surface area contributed by atoms with Gasteiger partial charge in [-0.15, -0.1) is 0 Å². The molecular formula is C22H29N3O2. The van der Waals surface area contributed by atoms with Crippen molar-refractivity contribution in [1.82, 2.24) is 14.7 Å². The van der Waals surface area contributed by atoms with Crippen LogP contribution in [0.1, 0.15) is 43.2 Å². The van der Waals surface area contributed by atoms with Crippen molar-refractivity contribution in [3.8, 4) is 17.0 Å². The van der Waals surface area contributed by atoms with E-state index in [1.54, 1.807) is 7.05 Å². The molecule has 2 aliphatic rings. The number of rotatable bonds is 6. The van der Waals surface area contributed by atoms with Crippen LogP contribution < -0.4 is 10.3 Å². The van der Waals surface area contributed by atoms with Gasteiger partial charge in [-0.05, 0) is 69.3 Å². The van der Waals surface area contributed by atoms with Gasteiger partial charge in [0.25, 0.3) is 5.56 Å². The Hall–Kier alpha value is -2.14. The molecule has 5 nitrogen and oxygen atoms in total. The van der Waals surface area contributed by atoms with E-state index < -0.39 is 0 Å². The summed E-state index contributed by atoms with van der Waals surface area (Å²) in [4.78, 5) is 14.8. The number of nitrogens with zero attached hydrogens (tertiary/aromatic N) is 3. The van der Waals surface area contributed by atoms with Crippen molar-refractivity contribution in [1.29, 1.82) is 0 Å². The third kappa shape index (κ3) is 4.08. The molecule has 5 heteroatoms. The van der Waals surface area contributed by atoms with Crippen LogP contribution in [0.25, 0.3) is 11.3 Å². The fourth-order valence-electron chi connectivity index (χ4n) is 4.32. The fourth-order valence-corrected chi connectivity index (χ4v) is 4.32. The lowest BCUT2D eigenvalue weighted by atomic mass is 10.0. The van der Waals surface area contributed by atoms with E-state index >= 15 is 0 Å². The van der Waals surface area contributed by atoms with Crippen molar-refractivity contribution in [2.45, 2.75) is 44.9 Å². The van der Waals surface area contributed by atoms with E-state index in [4.69, 9.17) is 4.74 Å². The second kappa shape index (κ2) is 8.26. The molecule has 0 atom stereocenters. The van der Waals surface area contributed by atoms with E-state index in [-0.39, 0.29) is 5.56 Å². The van der Waals surface area contributed by atoms with Gasteiger partial charge in [-0.25, -0.2) is 4.68 Å². The van der Waals surface area contributed by atoms with Crippen molar-refractivity contribution < 1.29 is 4.74 Å². The van der Waals surface area contributed by atoms with Crippen molar-refractivity contribution in [2.75, 3.05) is 26.2 Å². The summed E-state index contributed by atoms with van der Waals surface area (Å²) in [5, 5.41) is 4.56. The molecule has 0 spiro atoms. The Bertz CT molecular complexity index is 853. The summed E-state index contributed by atoms with van der Waals surface area (Å²) in [5.41, 5.74) is 4.09. The summed E-state index contributed by atoms with van der Waals surface area (Å²) in [6.45, 7) is 4.33. The normalized spacial score (nSPS) is 17.1. The van der Waals surface area contributed by atoms with E-state index in [9.17, 15) is 4.79 Å². The lowest BCUT2D eigenvalue weighted by Gasteiger charge is -2.26. The van der Waals surface area contributed by atoms with Gasteiger partial charge in [0.15, 0.2) is 0 Å². The highest BCUT2D eigenvalue weighted by molar-refractivity contribution is 5.66. The van der Waals surface area contributed by atoms with Crippen LogP contribution in [0.15, 0.2) is 29.1 Å². The van der Waals surface area contributed by atoms with Crippen molar-refractivity contribution in [3.05, 3.63) is 45.7 Å². The van der Waals surface area contributed by atoms with Crippen LogP contribution in [-0.2, 0) is 19.9 Å². The fraction of sp³-hybridized carbons (Fsp3) is 0.545. The van der Waals surface area contributed by atoms with Crippen molar-refractivity contribution in [3.63, 3.8) is 0 Å². The minimum Gasteiger partial charge on any atom is -0.494 e. The Balaban J connectivity index is 1.43. The number of piperidine rings is 1. The number of fused-ring (bicyclic) bond motifs is 1. The number of aryl methyl sites for hydroxylation is 1. The predicted octanol–water partition coefficient (Wildman–Crippen LogP) is 3.19. The van der Waals surface area contributed by atoms with Gasteiger partial charge in [0.2, 0.25) is 0 Å². The highest BCUT2D eigenvalue weighted by Gasteiger charge is 2.21. The summed E-state index contributed by atoms with van der Waals surface area (Å²) in [6.07, 6.45) is 7.94. The Morgan fingerprint density at radius 2 is 1.89 bits per heavy atom. The Morgan fingerprint density at radius 1 is 1.07 bits per heavy atom. The molecule has 1 fully saturated rings. The standard InChI is InChI=1S/C22H29N3O2/c1-24-22(26)20-11-6-10-19(20)21(23-24)17-8-5-9-18(16-17)27-15-7-14-25-12-3-2-4-13-25/h5,8-9,16H,2-4,6-7,10-15H2,1H3. The maximum Gasteiger partial charge on any atom is 0.269 e. The molecular weight excluding hydrogens is 338 g/mol. The first-order valence-electron chi connectivity index (χ1n) is 10.3.